The molecule has 0 bridgehead atoms. The first-order chi connectivity index (χ1) is 15.7. The van der Waals surface area contributed by atoms with Crippen LogP contribution in [0.4, 0.5) is 0 Å². The number of aliphatic hydroxyl groups excluding tert-OH is 2. The lowest BCUT2D eigenvalue weighted by Gasteiger charge is -2.38. The molecule has 0 unspecified atom stereocenters. The van der Waals surface area contributed by atoms with Crippen LogP contribution in [0.15, 0.2) is 71.9 Å². The number of carbonyl (C=O) groups excluding carboxylic acids is 1. The summed E-state index contributed by atoms with van der Waals surface area (Å²) in [6.45, 7) is 10.2. The van der Waals surface area contributed by atoms with Crippen LogP contribution in [0.25, 0.3) is 0 Å². The van der Waals surface area contributed by atoms with E-state index in [-0.39, 0.29) is 24.1 Å². The van der Waals surface area contributed by atoms with Crippen molar-refractivity contribution in [2.24, 2.45) is 11.8 Å². The summed E-state index contributed by atoms with van der Waals surface area (Å²) < 4.78 is 11.2. The lowest BCUT2D eigenvalue weighted by atomic mass is 9.88. The second kappa shape index (κ2) is 13.5. The van der Waals surface area contributed by atoms with Gasteiger partial charge in [0.2, 0.25) is 0 Å². The van der Waals surface area contributed by atoms with Crippen LogP contribution in [-0.4, -0.2) is 46.7 Å². The van der Waals surface area contributed by atoms with Crippen molar-refractivity contribution in [3.8, 4) is 0 Å². The predicted molar refractivity (Wildman–Crippen MR) is 132 cm³/mol. The molecule has 2 N–H and O–H groups in total. The average molecular weight is 457 g/mol. The van der Waals surface area contributed by atoms with Gasteiger partial charge in [0.1, 0.15) is 6.10 Å². The normalized spacial score (nSPS) is 31.5. The number of esters is 1. The summed E-state index contributed by atoms with van der Waals surface area (Å²) >= 11 is 0. The van der Waals surface area contributed by atoms with Gasteiger partial charge in [0.25, 0.3) is 0 Å². The number of hydrogen-bond acceptors (Lipinski definition) is 5. The number of cyclic esters (lactones) is 1. The smallest absolute Gasteiger partial charge is 0.331 e. The van der Waals surface area contributed by atoms with Crippen LogP contribution in [0.1, 0.15) is 53.9 Å². The first-order valence-electron chi connectivity index (χ1n) is 11.9. The Morgan fingerprint density at radius 3 is 2.76 bits per heavy atom. The van der Waals surface area contributed by atoms with E-state index in [9.17, 15) is 15.0 Å². The molecular formula is C28H40O5. The van der Waals surface area contributed by atoms with E-state index < -0.39 is 18.3 Å². The zero-order valence-electron chi connectivity index (χ0n) is 20.6. The molecule has 2 aliphatic heterocycles. The van der Waals surface area contributed by atoms with Crippen molar-refractivity contribution >= 4 is 5.97 Å². The van der Waals surface area contributed by atoms with Gasteiger partial charge in [0, 0.05) is 24.8 Å². The van der Waals surface area contributed by atoms with Gasteiger partial charge in [0.15, 0.2) is 0 Å². The molecular weight excluding hydrogens is 416 g/mol. The Labute approximate surface area is 198 Å². The first kappa shape index (κ1) is 27.0. The summed E-state index contributed by atoms with van der Waals surface area (Å²) in [4.78, 5) is 11.3. The minimum Gasteiger partial charge on any atom is -0.455 e. The zero-order chi connectivity index (χ0) is 24.4. The SMILES string of the molecule is C/C=C/[C@H]1O[C@@H]([C@H](O)/C=C/C=C(\C)C[C@@H](C)/C=C(C)\C=C\[C@H]2CC=CC(=O)O2)C[C@H](O)[C@H]1C. The molecule has 0 aromatic heterocycles. The lowest BCUT2D eigenvalue weighted by Crippen LogP contribution is -2.46. The number of hydrogen-bond donors (Lipinski definition) is 2. The quantitative estimate of drug-likeness (QED) is 0.291. The maximum absolute atomic E-state index is 11.3. The Bertz CT molecular complexity index is 816. The summed E-state index contributed by atoms with van der Waals surface area (Å²) in [6.07, 6.45) is 18.9. The molecule has 0 radical (unpaired) electrons. The first-order valence-corrected chi connectivity index (χ1v) is 11.9. The van der Waals surface area contributed by atoms with Gasteiger partial charge < -0.3 is 19.7 Å². The maximum Gasteiger partial charge on any atom is 0.331 e. The summed E-state index contributed by atoms with van der Waals surface area (Å²) in [5, 5.41) is 20.8. The monoisotopic (exact) mass is 456 g/mol. The van der Waals surface area contributed by atoms with Crippen LogP contribution in [0.5, 0.6) is 0 Å². The van der Waals surface area contributed by atoms with E-state index >= 15 is 0 Å². The molecule has 0 aromatic carbocycles. The highest BCUT2D eigenvalue weighted by Crippen LogP contribution is 2.28. The second-order valence-corrected chi connectivity index (χ2v) is 9.28. The van der Waals surface area contributed by atoms with E-state index in [1.54, 1.807) is 6.08 Å². The largest absolute Gasteiger partial charge is 0.455 e. The van der Waals surface area contributed by atoms with Crippen molar-refractivity contribution in [2.75, 3.05) is 0 Å². The number of allylic oxidation sites excluding steroid dienone is 7. The number of aliphatic hydroxyl groups is 2. The van der Waals surface area contributed by atoms with Gasteiger partial charge in [0.05, 0.1) is 24.4 Å². The Balaban J connectivity index is 1.85. The fourth-order valence-electron chi connectivity index (χ4n) is 4.19. The van der Waals surface area contributed by atoms with Crippen molar-refractivity contribution in [1.82, 2.24) is 0 Å². The number of carbonyl (C=O) groups is 1. The third kappa shape index (κ3) is 9.28. The highest BCUT2D eigenvalue weighted by Gasteiger charge is 2.35. The van der Waals surface area contributed by atoms with Gasteiger partial charge in [-0.05, 0) is 39.2 Å². The Morgan fingerprint density at radius 1 is 1.30 bits per heavy atom. The molecule has 0 spiro atoms. The van der Waals surface area contributed by atoms with Crippen LogP contribution in [0, 0.1) is 11.8 Å². The molecule has 1 saturated heterocycles. The number of rotatable bonds is 9. The molecule has 7 atom stereocenters. The third-order valence-electron chi connectivity index (χ3n) is 6.04. The molecule has 1 fully saturated rings. The van der Waals surface area contributed by atoms with Gasteiger partial charge in [-0.3, -0.25) is 0 Å². The highest BCUT2D eigenvalue weighted by molar-refractivity contribution is 5.82. The van der Waals surface area contributed by atoms with Crippen LogP contribution >= 0.6 is 0 Å². The van der Waals surface area contributed by atoms with Crippen molar-refractivity contribution in [3.63, 3.8) is 0 Å². The standard InChI is InChI=1S/C28H40O5/c1-6-9-26-22(5)25(30)18-27(33-26)24(29)12-7-10-19(2)16-21(4)17-20(3)14-15-23-11-8-13-28(31)32-23/h6-10,12-15,17,21-27,29-30H,11,16,18H2,1-5H3/b9-6+,12-7+,15-14+,19-10+,20-17-/t21-,22-,23-,24-,25+,26-,27-/m1/s1. The van der Waals surface area contributed by atoms with E-state index in [0.717, 1.165) is 12.0 Å². The summed E-state index contributed by atoms with van der Waals surface area (Å²) in [5.74, 6) is 0.0688. The Morgan fingerprint density at radius 2 is 2.06 bits per heavy atom. The zero-order valence-corrected chi connectivity index (χ0v) is 20.6. The van der Waals surface area contributed by atoms with Gasteiger partial charge in [-0.2, -0.15) is 0 Å². The van der Waals surface area contributed by atoms with Gasteiger partial charge >= 0.3 is 5.97 Å². The molecule has 0 aromatic rings. The number of ether oxygens (including phenoxy) is 2. The average Bonchev–Trinajstić information content (AvgIpc) is 2.75. The van der Waals surface area contributed by atoms with Crippen LogP contribution in [0.2, 0.25) is 0 Å². The summed E-state index contributed by atoms with van der Waals surface area (Å²) in [5.41, 5.74) is 2.33. The lowest BCUT2D eigenvalue weighted by molar-refractivity contribution is -0.141. The third-order valence-corrected chi connectivity index (χ3v) is 6.04. The van der Waals surface area contributed by atoms with Crippen molar-refractivity contribution in [1.29, 1.82) is 0 Å². The molecule has 5 heteroatoms. The molecule has 2 heterocycles. The maximum atomic E-state index is 11.3. The second-order valence-electron chi connectivity index (χ2n) is 9.28. The molecule has 5 nitrogen and oxygen atoms in total. The fraction of sp³-hybridized carbons (Fsp3) is 0.536. The van der Waals surface area contributed by atoms with Crippen molar-refractivity contribution < 1.29 is 24.5 Å². The van der Waals surface area contributed by atoms with E-state index in [1.807, 2.05) is 63.3 Å². The van der Waals surface area contributed by atoms with Gasteiger partial charge in [-0.1, -0.05) is 73.6 Å². The fourth-order valence-corrected chi connectivity index (χ4v) is 4.19. The summed E-state index contributed by atoms with van der Waals surface area (Å²) in [7, 11) is 0. The van der Waals surface area contributed by atoms with E-state index in [0.29, 0.717) is 18.8 Å². The van der Waals surface area contributed by atoms with E-state index in [2.05, 4.69) is 19.9 Å². The Kier molecular flexibility index (Phi) is 11.0. The predicted octanol–water partition coefficient (Wildman–Crippen LogP) is 4.98. The minimum atomic E-state index is -0.766. The molecule has 0 saturated carbocycles. The van der Waals surface area contributed by atoms with Gasteiger partial charge in [-0.15, -0.1) is 0 Å². The van der Waals surface area contributed by atoms with Crippen molar-refractivity contribution in [2.45, 2.75) is 84.4 Å². The van der Waals surface area contributed by atoms with E-state index in [1.165, 1.54) is 11.6 Å². The minimum absolute atomic E-state index is 0.0122. The highest BCUT2D eigenvalue weighted by atomic mass is 16.5. The van der Waals surface area contributed by atoms with Crippen LogP contribution < -0.4 is 0 Å². The van der Waals surface area contributed by atoms with E-state index in [4.69, 9.17) is 9.47 Å². The topological polar surface area (TPSA) is 76.0 Å². The molecule has 2 rings (SSSR count). The summed E-state index contributed by atoms with van der Waals surface area (Å²) in [6, 6.07) is 0. The van der Waals surface area contributed by atoms with Crippen molar-refractivity contribution in [3.05, 3.63) is 71.9 Å². The van der Waals surface area contributed by atoms with Crippen LogP contribution in [-0.2, 0) is 14.3 Å². The molecule has 2 aliphatic rings. The molecule has 0 aliphatic carbocycles. The molecule has 0 amide bonds. The van der Waals surface area contributed by atoms with Crippen LogP contribution in [0.3, 0.4) is 0 Å². The molecule has 33 heavy (non-hydrogen) atoms. The molecule has 182 valence electrons. The Hall–Kier alpha value is -2.21. The van der Waals surface area contributed by atoms with Gasteiger partial charge in [-0.25, -0.2) is 4.79 Å².